The predicted molar refractivity (Wildman–Crippen MR) is 178 cm³/mol. The SMILES string of the molecule is C.C.C.CCC(=O)N1CCN(C(=O)COC)CC1.CCC(=O)N1CCN(C(=O)NC)CC1.CCC(=O)N1CCN(C(C)=O)CC1. The number of urea groups is 1. The van der Waals surface area contributed by atoms with Gasteiger partial charge in [0, 0.05) is 119 Å². The van der Waals surface area contributed by atoms with Gasteiger partial charge >= 0.3 is 6.03 Å². The summed E-state index contributed by atoms with van der Waals surface area (Å²) in [6, 6.07) is -0.0615. The maximum Gasteiger partial charge on any atom is 0.317 e. The fourth-order valence-corrected chi connectivity index (χ4v) is 4.68. The van der Waals surface area contributed by atoms with E-state index in [1.807, 2.05) is 25.7 Å². The molecule has 1 N–H and O–H groups in total. The quantitative estimate of drug-likeness (QED) is 0.479. The second-order valence-electron chi connectivity index (χ2n) is 10.1. The van der Waals surface area contributed by atoms with Gasteiger partial charge in [0.15, 0.2) is 0 Å². The molecular weight excluding hydrogens is 582 g/mol. The highest BCUT2D eigenvalue weighted by molar-refractivity contribution is 5.79. The Morgan fingerprint density at radius 2 is 0.778 bits per heavy atom. The molecule has 14 nitrogen and oxygen atoms in total. The van der Waals surface area contributed by atoms with Gasteiger partial charge in [0.25, 0.3) is 0 Å². The number of carbonyl (C=O) groups is 6. The van der Waals surface area contributed by atoms with E-state index < -0.39 is 0 Å². The average molecular weight is 646 g/mol. The van der Waals surface area contributed by atoms with E-state index in [9.17, 15) is 28.8 Å². The standard InChI is InChI=1S/C10H18N2O3.C9H17N3O2.C9H16N2O2.3CH4/c1-3-9(13)11-4-6-12(7-5-11)10(14)8-15-2;1-3-8(13)11-4-6-12(7-5-11)9(14)10-2;1-3-9(13)11-6-4-10(5-7-11)8(2)12;;;/h3-8H2,1-2H3;3-7H2,1-2H3,(H,10,14);3-7H2,1-2H3;3*1H4. The van der Waals surface area contributed by atoms with Crippen LogP contribution in [0.15, 0.2) is 0 Å². The molecule has 3 aliphatic rings. The molecule has 0 atom stereocenters. The van der Waals surface area contributed by atoms with Gasteiger partial charge in [0.2, 0.25) is 29.5 Å². The minimum atomic E-state index is -0.0615. The van der Waals surface area contributed by atoms with Crippen LogP contribution in [0.1, 0.15) is 69.2 Å². The maximum atomic E-state index is 11.4. The lowest BCUT2D eigenvalue weighted by Crippen LogP contribution is -2.52. The number of amides is 7. The topological polar surface area (TPSA) is 143 Å². The fraction of sp³-hybridized carbons (Fsp3) is 0.806. The highest BCUT2D eigenvalue weighted by atomic mass is 16.5. The summed E-state index contributed by atoms with van der Waals surface area (Å²) in [6.45, 7) is 15.1. The first kappa shape index (κ1) is 46.0. The van der Waals surface area contributed by atoms with E-state index in [0.717, 1.165) is 0 Å². The monoisotopic (exact) mass is 645 g/mol. The molecule has 0 aromatic rings. The lowest BCUT2D eigenvalue weighted by Gasteiger charge is -2.34. The lowest BCUT2D eigenvalue weighted by atomic mass is 10.3. The van der Waals surface area contributed by atoms with Crippen LogP contribution in [0.25, 0.3) is 0 Å². The molecule has 3 saturated heterocycles. The van der Waals surface area contributed by atoms with Gasteiger partial charge in [-0.15, -0.1) is 0 Å². The summed E-state index contributed by atoms with van der Waals surface area (Å²) in [7, 11) is 3.13. The highest BCUT2D eigenvalue weighted by Crippen LogP contribution is 2.05. The van der Waals surface area contributed by atoms with E-state index in [-0.39, 0.29) is 64.5 Å². The first-order chi connectivity index (χ1) is 20.0. The summed E-state index contributed by atoms with van der Waals surface area (Å²) >= 11 is 0. The normalized spacial score (nSPS) is 15.8. The van der Waals surface area contributed by atoms with Crippen molar-refractivity contribution in [1.82, 2.24) is 34.7 Å². The van der Waals surface area contributed by atoms with Gasteiger partial charge in [0.05, 0.1) is 0 Å². The average Bonchev–Trinajstić information content (AvgIpc) is 3.04. The zero-order valence-corrected chi connectivity index (χ0v) is 26.4. The third-order valence-electron chi connectivity index (χ3n) is 7.37. The number of nitrogens with zero attached hydrogens (tertiary/aromatic N) is 6. The Morgan fingerprint density at radius 1 is 0.511 bits per heavy atom. The molecule has 14 heteroatoms. The first-order valence-electron chi connectivity index (χ1n) is 14.8. The number of nitrogens with one attached hydrogen (secondary N) is 1. The van der Waals surface area contributed by atoms with E-state index in [1.165, 1.54) is 7.11 Å². The number of ether oxygens (including phenoxy) is 1. The largest absolute Gasteiger partial charge is 0.375 e. The van der Waals surface area contributed by atoms with E-state index in [4.69, 9.17) is 4.74 Å². The lowest BCUT2D eigenvalue weighted by molar-refractivity contribution is -0.141. The Morgan fingerprint density at radius 3 is 1.02 bits per heavy atom. The summed E-state index contributed by atoms with van der Waals surface area (Å²) in [4.78, 5) is 78.2. The third-order valence-corrected chi connectivity index (χ3v) is 7.37. The second kappa shape index (κ2) is 24.8. The van der Waals surface area contributed by atoms with Gasteiger partial charge in [-0.3, -0.25) is 24.0 Å². The Hall–Kier alpha value is -3.42. The van der Waals surface area contributed by atoms with Crippen molar-refractivity contribution in [3.63, 3.8) is 0 Å². The van der Waals surface area contributed by atoms with Crippen molar-refractivity contribution in [1.29, 1.82) is 0 Å². The molecule has 0 saturated carbocycles. The van der Waals surface area contributed by atoms with Gasteiger partial charge in [0.1, 0.15) is 6.61 Å². The van der Waals surface area contributed by atoms with Crippen LogP contribution in [-0.2, 0) is 28.7 Å². The molecule has 7 amide bonds. The fourth-order valence-electron chi connectivity index (χ4n) is 4.68. The Bertz CT molecular complexity index is 871. The van der Waals surface area contributed by atoms with Crippen LogP contribution in [-0.4, -0.2) is 164 Å². The van der Waals surface area contributed by atoms with Gasteiger partial charge in [-0.2, -0.15) is 0 Å². The molecule has 0 aromatic carbocycles. The molecule has 0 bridgehead atoms. The summed E-state index contributed by atoms with van der Waals surface area (Å²) in [5.74, 6) is 0.614. The van der Waals surface area contributed by atoms with Gasteiger partial charge in [-0.05, 0) is 0 Å². The van der Waals surface area contributed by atoms with Crippen LogP contribution in [0.2, 0.25) is 0 Å². The number of methoxy groups -OCH3 is 1. The smallest absolute Gasteiger partial charge is 0.317 e. The van der Waals surface area contributed by atoms with Gasteiger partial charge < -0.3 is 39.5 Å². The molecule has 0 aliphatic carbocycles. The van der Waals surface area contributed by atoms with Crippen LogP contribution >= 0.6 is 0 Å². The Kier molecular flexibility index (Phi) is 25.4. The van der Waals surface area contributed by atoms with Gasteiger partial charge in [-0.1, -0.05) is 43.1 Å². The van der Waals surface area contributed by atoms with Crippen molar-refractivity contribution in [3.8, 4) is 0 Å². The van der Waals surface area contributed by atoms with Crippen molar-refractivity contribution in [3.05, 3.63) is 0 Å². The molecule has 3 fully saturated rings. The molecule has 0 aromatic heterocycles. The van der Waals surface area contributed by atoms with E-state index in [2.05, 4.69) is 5.32 Å². The van der Waals surface area contributed by atoms with E-state index in [0.29, 0.717) is 97.8 Å². The van der Waals surface area contributed by atoms with Crippen LogP contribution in [0, 0.1) is 0 Å². The third kappa shape index (κ3) is 15.9. The highest BCUT2D eigenvalue weighted by Gasteiger charge is 2.24. The summed E-state index contributed by atoms with van der Waals surface area (Å²) in [6.07, 6.45) is 1.63. The van der Waals surface area contributed by atoms with Crippen molar-refractivity contribution in [2.75, 3.05) is 99.3 Å². The molecule has 3 heterocycles. The number of piperazine rings is 3. The number of hydrogen-bond acceptors (Lipinski definition) is 7. The molecule has 0 spiro atoms. The molecule has 3 rings (SSSR count). The maximum absolute atomic E-state index is 11.4. The molecule has 264 valence electrons. The van der Waals surface area contributed by atoms with Crippen LogP contribution in [0.5, 0.6) is 0 Å². The minimum absolute atomic E-state index is 0. The van der Waals surface area contributed by atoms with Crippen molar-refractivity contribution >= 4 is 35.6 Å². The number of carbonyl (C=O) groups excluding carboxylic acids is 6. The van der Waals surface area contributed by atoms with Crippen LogP contribution < -0.4 is 5.32 Å². The predicted octanol–water partition coefficient (Wildman–Crippen LogP) is 1.59. The molecular formula is C31H63N7O7. The van der Waals surface area contributed by atoms with E-state index in [1.54, 1.807) is 38.5 Å². The minimum Gasteiger partial charge on any atom is -0.375 e. The summed E-state index contributed by atoms with van der Waals surface area (Å²) in [5.41, 5.74) is 0. The number of rotatable bonds is 5. The molecule has 0 radical (unpaired) electrons. The Labute approximate surface area is 272 Å². The second-order valence-corrected chi connectivity index (χ2v) is 10.1. The van der Waals surface area contributed by atoms with Crippen LogP contribution in [0.3, 0.4) is 0 Å². The van der Waals surface area contributed by atoms with Gasteiger partial charge in [-0.25, -0.2) is 4.79 Å². The van der Waals surface area contributed by atoms with Crippen molar-refractivity contribution in [2.45, 2.75) is 69.2 Å². The number of hydrogen-bond donors (Lipinski definition) is 1. The molecule has 3 aliphatic heterocycles. The first-order valence-corrected chi connectivity index (χ1v) is 14.8. The Balaban J connectivity index is -0.000000570. The van der Waals surface area contributed by atoms with Crippen LogP contribution in [0.4, 0.5) is 4.79 Å². The zero-order valence-electron chi connectivity index (χ0n) is 26.4. The molecule has 0 unspecified atom stereocenters. The van der Waals surface area contributed by atoms with E-state index >= 15 is 0 Å². The molecule has 45 heavy (non-hydrogen) atoms. The van der Waals surface area contributed by atoms with Crippen molar-refractivity contribution in [2.24, 2.45) is 0 Å². The summed E-state index contributed by atoms with van der Waals surface area (Å²) < 4.78 is 4.78. The van der Waals surface area contributed by atoms with Crippen molar-refractivity contribution < 1.29 is 33.5 Å². The zero-order chi connectivity index (χ0) is 31.7. The summed E-state index contributed by atoms with van der Waals surface area (Å²) in [5, 5.41) is 2.58.